The van der Waals surface area contributed by atoms with Gasteiger partial charge in [0.1, 0.15) is 24.4 Å². The number of amides is 1. The Labute approximate surface area is 202 Å². The first kappa shape index (κ1) is 25.7. The van der Waals surface area contributed by atoms with Crippen LogP contribution in [0, 0.1) is 11.8 Å². The molecule has 3 rings (SSSR count). The molecule has 1 aliphatic heterocycles. The van der Waals surface area contributed by atoms with Crippen LogP contribution in [0.25, 0.3) is 0 Å². The summed E-state index contributed by atoms with van der Waals surface area (Å²) in [5, 5.41) is 12.3. The summed E-state index contributed by atoms with van der Waals surface area (Å²) in [4.78, 5) is 54.8. The van der Waals surface area contributed by atoms with Gasteiger partial charge in [0.25, 0.3) is 5.91 Å². The third-order valence-electron chi connectivity index (χ3n) is 5.51. The van der Waals surface area contributed by atoms with Gasteiger partial charge >= 0.3 is 17.9 Å². The van der Waals surface area contributed by atoms with Crippen molar-refractivity contribution in [3.05, 3.63) is 59.9 Å². The first-order valence-corrected chi connectivity index (χ1v) is 11.2. The lowest BCUT2D eigenvalue weighted by Crippen LogP contribution is -2.46. The fourth-order valence-electron chi connectivity index (χ4n) is 3.56. The number of ether oxygens (including phenoxy) is 3. The van der Waals surface area contributed by atoms with Crippen molar-refractivity contribution >= 4 is 23.8 Å². The highest BCUT2D eigenvalue weighted by Gasteiger charge is 2.42. The highest BCUT2D eigenvalue weighted by molar-refractivity contribution is 5.99. The first-order valence-electron chi connectivity index (χ1n) is 11.2. The van der Waals surface area contributed by atoms with E-state index in [1.165, 1.54) is 19.2 Å². The molecule has 1 aliphatic rings. The average molecular weight is 485 g/mol. The van der Waals surface area contributed by atoms with Crippen molar-refractivity contribution in [2.45, 2.75) is 45.4 Å². The number of aromatic hydroxyl groups is 1. The van der Waals surface area contributed by atoms with Crippen LogP contribution in [0.1, 0.15) is 36.7 Å². The van der Waals surface area contributed by atoms with Gasteiger partial charge in [0.05, 0.1) is 17.7 Å². The van der Waals surface area contributed by atoms with Gasteiger partial charge in [-0.25, -0.2) is 4.79 Å². The van der Waals surface area contributed by atoms with Crippen LogP contribution in [0.3, 0.4) is 0 Å². The lowest BCUT2D eigenvalue weighted by atomic mass is 9.91. The molecule has 0 bridgehead atoms. The topological polar surface area (TPSA) is 141 Å². The molecule has 0 radical (unpaired) electrons. The van der Waals surface area contributed by atoms with E-state index in [2.05, 4.69) is 10.3 Å². The third-order valence-corrected chi connectivity index (χ3v) is 5.51. The molecule has 2 aromatic rings. The van der Waals surface area contributed by atoms with Crippen molar-refractivity contribution in [2.24, 2.45) is 11.8 Å². The number of pyridine rings is 1. The molecule has 186 valence electrons. The summed E-state index contributed by atoms with van der Waals surface area (Å²) < 4.78 is 16.5. The van der Waals surface area contributed by atoms with E-state index in [1.54, 1.807) is 13.8 Å². The maximum Gasteiger partial charge on any atom is 0.332 e. The SMILES string of the molecule is CC(C)C(=O)OC1[C@H](C)OC(=O)C(NC(=O)c2ccncc2O)COC(=O)[C@@H]1Cc1ccccc1. The van der Waals surface area contributed by atoms with Crippen LogP contribution >= 0.6 is 0 Å². The van der Waals surface area contributed by atoms with E-state index in [0.717, 1.165) is 11.8 Å². The van der Waals surface area contributed by atoms with Crippen LogP contribution in [0.2, 0.25) is 0 Å². The smallest absolute Gasteiger partial charge is 0.332 e. The monoisotopic (exact) mass is 484 g/mol. The van der Waals surface area contributed by atoms with Crippen molar-refractivity contribution in [2.75, 3.05) is 6.61 Å². The van der Waals surface area contributed by atoms with Gasteiger partial charge in [-0.1, -0.05) is 44.2 Å². The van der Waals surface area contributed by atoms with Crippen molar-refractivity contribution in [3.8, 4) is 5.75 Å². The Balaban J connectivity index is 1.87. The van der Waals surface area contributed by atoms with Crippen LogP contribution in [-0.2, 0) is 35.0 Å². The Morgan fingerprint density at radius 3 is 2.54 bits per heavy atom. The number of hydrogen-bond acceptors (Lipinski definition) is 9. The van der Waals surface area contributed by atoms with Crippen molar-refractivity contribution < 1.29 is 38.5 Å². The van der Waals surface area contributed by atoms with Gasteiger partial charge in [0, 0.05) is 6.20 Å². The Morgan fingerprint density at radius 1 is 1.17 bits per heavy atom. The molecule has 1 amide bonds. The normalized spacial score (nSPS) is 22.7. The molecule has 0 saturated carbocycles. The van der Waals surface area contributed by atoms with Crippen molar-refractivity contribution in [1.29, 1.82) is 0 Å². The van der Waals surface area contributed by atoms with Gasteiger partial charge in [0.15, 0.2) is 12.1 Å². The maximum atomic E-state index is 13.2. The quantitative estimate of drug-likeness (QED) is 0.464. The van der Waals surface area contributed by atoms with Gasteiger partial charge in [-0.2, -0.15) is 0 Å². The molecule has 0 spiro atoms. The second kappa shape index (κ2) is 11.5. The fourth-order valence-corrected chi connectivity index (χ4v) is 3.56. The molecule has 10 nitrogen and oxygen atoms in total. The van der Waals surface area contributed by atoms with E-state index >= 15 is 0 Å². The zero-order chi connectivity index (χ0) is 25.5. The van der Waals surface area contributed by atoms with E-state index in [4.69, 9.17) is 14.2 Å². The molecule has 1 aromatic heterocycles. The summed E-state index contributed by atoms with van der Waals surface area (Å²) in [5.74, 6) is -4.72. The standard InChI is InChI=1S/C25H28N2O8/c1-14(2)23(30)35-21-15(3)34-25(32)19(27-22(29)17-9-10-26-12-20(17)28)13-33-24(31)18(21)11-16-7-5-4-6-8-16/h4-10,12,14-15,18-19,21,28H,11,13H2,1-3H3,(H,27,29)/t15-,18+,19?,21?/m0/s1. The Bertz CT molecular complexity index is 1070. The zero-order valence-corrected chi connectivity index (χ0v) is 19.7. The molecule has 2 N–H and O–H groups in total. The molecule has 10 heteroatoms. The molecule has 1 aromatic carbocycles. The van der Waals surface area contributed by atoms with E-state index in [9.17, 15) is 24.3 Å². The highest BCUT2D eigenvalue weighted by Crippen LogP contribution is 2.25. The summed E-state index contributed by atoms with van der Waals surface area (Å²) in [6, 6.07) is 9.03. The van der Waals surface area contributed by atoms with Gasteiger partial charge < -0.3 is 24.6 Å². The number of esters is 3. The van der Waals surface area contributed by atoms with E-state index < -0.39 is 60.5 Å². The number of carbonyl (C=O) groups is 4. The molecule has 0 aliphatic carbocycles. The number of carbonyl (C=O) groups excluding carboxylic acids is 4. The van der Waals surface area contributed by atoms with Crippen LogP contribution in [0.4, 0.5) is 0 Å². The molecule has 35 heavy (non-hydrogen) atoms. The number of rotatable bonds is 6. The van der Waals surface area contributed by atoms with Crippen LogP contribution in [-0.4, -0.2) is 58.8 Å². The first-order chi connectivity index (χ1) is 16.7. The van der Waals surface area contributed by atoms with E-state index in [-0.39, 0.29) is 17.7 Å². The predicted octanol–water partition coefficient (Wildman–Crippen LogP) is 1.80. The minimum Gasteiger partial charge on any atom is -0.505 e. The summed E-state index contributed by atoms with van der Waals surface area (Å²) in [5.41, 5.74) is 0.688. The lowest BCUT2D eigenvalue weighted by molar-refractivity contribution is -0.176. The van der Waals surface area contributed by atoms with Gasteiger partial charge in [0.2, 0.25) is 0 Å². The molecular formula is C25H28N2O8. The summed E-state index contributed by atoms with van der Waals surface area (Å²) in [6.45, 7) is 4.32. The number of benzene rings is 1. The molecule has 1 fully saturated rings. The lowest BCUT2D eigenvalue weighted by Gasteiger charge is -2.29. The van der Waals surface area contributed by atoms with Crippen molar-refractivity contribution in [1.82, 2.24) is 10.3 Å². The fraction of sp³-hybridized carbons (Fsp3) is 0.400. The molecule has 2 unspecified atom stereocenters. The van der Waals surface area contributed by atoms with E-state index in [0.29, 0.717) is 0 Å². The van der Waals surface area contributed by atoms with Crippen molar-refractivity contribution in [3.63, 3.8) is 0 Å². The number of hydrogen-bond donors (Lipinski definition) is 2. The third kappa shape index (κ3) is 6.56. The molecule has 2 heterocycles. The van der Waals surface area contributed by atoms with Crippen LogP contribution < -0.4 is 5.32 Å². The minimum absolute atomic E-state index is 0.113. The van der Waals surface area contributed by atoms with Gasteiger partial charge in [-0.3, -0.25) is 19.4 Å². The predicted molar refractivity (Wildman–Crippen MR) is 122 cm³/mol. The summed E-state index contributed by atoms with van der Waals surface area (Å²) in [6.07, 6.45) is 0.443. The summed E-state index contributed by atoms with van der Waals surface area (Å²) >= 11 is 0. The number of nitrogens with zero attached hydrogens (tertiary/aromatic N) is 1. The number of nitrogens with one attached hydrogen (secondary N) is 1. The Morgan fingerprint density at radius 2 is 1.89 bits per heavy atom. The van der Waals surface area contributed by atoms with Gasteiger partial charge in [-0.05, 0) is 25.0 Å². The van der Waals surface area contributed by atoms with E-state index in [1.807, 2.05) is 30.3 Å². The zero-order valence-electron chi connectivity index (χ0n) is 19.7. The summed E-state index contributed by atoms with van der Waals surface area (Å²) in [7, 11) is 0. The largest absolute Gasteiger partial charge is 0.505 e. The Hall–Kier alpha value is -3.95. The number of cyclic esters (lactones) is 2. The molecule has 4 atom stereocenters. The molecular weight excluding hydrogens is 456 g/mol. The van der Waals surface area contributed by atoms with Crippen LogP contribution in [0.5, 0.6) is 5.75 Å². The van der Waals surface area contributed by atoms with Gasteiger partial charge in [-0.15, -0.1) is 0 Å². The Kier molecular flexibility index (Phi) is 8.40. The highest BCUT2D eigenvalue weighted by atomic mass is 16.6. The second-order valence-corrected chi connectivity index (χ2v) is 8.54. The number of aromatic nitrogens is 1. The average Bonchev–Trinajstić information content (AvgIpc) is 2.86. The maximum absolute atomic E-state index is 13.2. The molecule has 1 saturated heterocycles. The second-order valence-electron chi connectivity index (χ2n) is 8.54. The van der Waals surface area contributed by atoms with Crippen LogP contribution in [0.15, 0.2) is 48.8 Å². The minimum atomic E-state index is -1.35.